The molecule has 0 aromatic heterocycles. The first-order valence-electron chi connectivity index (χ1n) is 8.25. The number of carbonyl (C=O) groups is 3. The van der Waals surface area contributed by atoms with E-state index in [1.807, 2.05) is 27.7 Å². The summed E-state index contributed by atoms with van der Waals surface area (Å²) >= 11 is 0. The topological polar surface area (TPSA) is 63.7 Å². The highest BCUT2D eigenvalue weighted by Gasteiger charge is 2.42. The largest absolute Gasteiger partial charge is 0.444 e. The zero-order chi connectivity index (χ0) is 16.5. The van der Waals surface area contributed by atoms with Crippen LogP contribution >= 0.6 is 0 Å². The number of likely N-dealkylation sites (tertiary alicyclic amines) is 1. The Balaban J connectivity index is 2.07. The zero-order valence-electron chi connectivity index (χ0n) is 14.1. The highest BCUT2D eigenvalue weighted by atomic mass is 16.6. The molecule has 2 rings (SSSR count). The van der Waals surface area contributed by atoms with Crippen LogP contribution in [0.3, 0.4) is 0 Å². The number of piperidine rings is 1. The summed E-state index contributed by atoms with van der Waals surface area (Å²) in [7, 11) is 0. The van der Waals surface area contributed by atoms with Crippen LogP contribution in [0.1, 0.15) is 59.8 Å². The molecule has 22 heavy (non-hydrogen) atoms. The number of ketones is 2. The van der Waals surface area contributed by atoms with Crippen LogP contribution < -0.4 is 0 Å². The number of Topliss-reactive ketones (excluding diaryl/α,β-unsaturated/α-hetero) is 2. The Morgan fingerprint density at radius 1 is 1.18 bits per heavy atom. The maximum absolute atomic E-state index is 12.6. The summed E-state index contributed by atoms with van der Waals surface area (Å²) in [5, 5.41) is 0. The Morgan fingerprint density at radius 2 is 1.77 bits per heavy atom. The number of hydrogen-bond acceptors (Lipinski definition) is 4. The van der Waals surface area contributed by atoms with E-state index in [9.17, 15) is 14.4 Å². The van der Waals surface area contributed by atoms with E-state index >= 15 is 0 Å². The Morgan fingerprint density at radius 3 is 2.32 bits per heavy atom. The SMILES string of the molecule is C[C@H]1CC(=O)C(C(=O)C2CCCC2)CN1C(=O)OC(C)(C)C. The Hall–Kier alpha value is -1.39. The molecule has 0 aromatic carbocycles. The van der Waals surface area contributed by atoms with Gasteiger partial charge in [0.25, 0.3) is 0 Å². The molecule has 0 spiro atoms. The second-order valence-electron chi connectivity index (χ2n) is 7.59. The Kier molecular flexibility index (Phi) is 4.93. The normalized spacial score (nSPS) is 27.1. The minimum absolute atomic E-state index is 0.00263. The fourth-order valence-electron chi connectivity index (χ4n) is 3.34. The van der Waals surface area contributed by atoms with Gasteiger partial charge in [0.05, 0.1) is 5.92 Å². The van der Waals surface area contributed by atoms with E-state index in [2.05, 4.69) is 0 Å². The van der Waals surface area contributed by atoms with Crippen LogP contribution in [-0.4, -0.2) is 40.7 Å². The first-order valence-corrected chi connectivity index (χ1v) is 8.25. The third-order valence-electron chi connectivity index (χ3n) is 4.53. The van der Waals surface area contributed by atoms with Crippen LogP contribution in [0, 0.1) is 11.8 Å². The number of hydrogen-bond donors (Lipinski definition) is 0. The molecule has 1 saturated heterocycles. The van der Waals surface area contributed by atoms with Gasteiger partial charge in [-0.05, 0) is 40.5 Å². The van der Waals surface area contributed by atoms with Crippen LogP contribution in [0.25, 0.3) is 0 Å². The summed E-state index contributed by atoms with van der Waals surface area (Å²) in [6, 6.07) is -0.213. The van der Waals surface area contributed by atoms with E-state index in [0.717, 1.165) is 25.7 Å². The van der Waals surface area contributed by atoms with Gasteiger partial charge in [-0.25, -0.2) is 4.79 Å². The van der Waals surface area contributed by atoms with Gasteiger partial charge >= 0.3 is 6.09 Å². The van der Waals surface area contributed by atoms with Gasteiger partial charge in [-0.1, -0.05) is 12.8 Å². The smallest absolute Gasteiger partial charge is 0.410 e. The van der Waals surface area contributed by atoms with Gasteiger partial charge in [-0.15, -0.1) is 0 Å². The maximum atomic E-state index is 12.6. The third-order valence-corrected chi connectivity index (χ3v) is 4.53. The average Bonchev–Trinajstić information content (AvgIpc) is 2.89. The van der Waals surface area contributed by atoms with Crippen molar-refractivity contribution in [2.75, 3.05) is 6.54 Å². The van der Waals surface area contributed by atoms with Gasteiger partial charge in [-0.2, -0.15) is 0 Å². The molecular weight excluding hydrogens is 282 g/mol. The van der Waals surface area contributed by atoms with E-state index in [0.29, 0.717) is 0 Å². The van der Waals surface area contributed by atoms with Crippen LogP contribution in [-0.2, 0) is 14.3 Å². The standard InChI is InChI=1S/C17H27NO4/c1-11-9-14(19)13(15(20)12-7-5-6-8-12)10-18(11)16(21)22-17(2,3)4/h11-13H,5-10H2,1-4H3/t11-,13?/m0/s1. The molecule has 0 radical (unpaired) electrons. The lowest BCUT2D eigenvalue weighted by Crippen LogP contribution is -2.53. The lowest BCUT2D eigenvalue weighted by molar-refractivity contribution is -0.139. The summed E-state index contributed by atoms with van der Waals surface area (Å²) in [5.74, 6) is -0.651. The molecule has 2 atom stereocenters. The predicted molar refractivity (Wildman–Crippen MR) is 82.5 cm³/mol. The molecule has 1 aliphatic carbocycles. The van der Waals surface area contributed by atoms with Crippen molar-refractivity contribution in [1.82, 2.24) is 4.90 Å². The summed E-state index contributed by atoms with van der Waals surface area (Å²) in [5.41, 5.74) is -0.580. The molecule has 5 nitrogen and oxygen atoms in total. The average molecular weight is 309 g/mol. The van der Waals surface area contributed by atoms with Crippen molar-refractivity contribution in [3.63, 3.8) is 0 Å². The number of rotatable bonds is 2. The molecule has 1 amide bonds. The van der Waals surface area contributed by atoms with Crippen LogP contribution in [0.15, 0.2) is 0 Å². The van der Waals surface area contributed by atoms with E-state index in [1.54, 1.807) is 4.90 Å². The highest BCUT2D eigenvalue weighted by Crippen LogP contribution is 2.31. The van der Waals surface area contributed by atoms with Gasteiger partial charge < -0.3 is 9.64 Å². The molecular formula is C17H27NO4. The molecule has 0 N–H and O–H groups in total. The predicted octanol–water partition coefficient (Wildman–Crippen LogP) is 2.96. The van der Waals surface area contributed by atoms with Crippen molar-refractivity contribution in [2.45, 2.75) is 71.4 Å². The second kappa shape index (κ2) is 6.39. The highest BCUT2D eigenvalue weighted by molar-refractivity contribution is 6.04. The molecule has 2 fully saturated rings. The van der Waals surface area contributed by atoms with Crippen molar-refractivity contribution >= 4 is 17.7 Å². The maximum Gasteiger partial charge on any atom is 0.410 e. The first kappa shape index (κ1) is 17.0. The van der Waals surface area contributed by atoms with Crippen molar-refractivity contribution in [1.29, 1.82) is 0 Å². The van der Waals surface area contributed by atoms with Gasteiger partial charge in [0.15, 0.2) is 0 Å². The molecule has 0 aromatic rings. The fraction of sp³-hybridized carbons (Fsp3) is 0.824. The van der Waals surface area contributed by atoms with E-state index in [-0.39, 0.29) is 36.5 Å². The lowest BCUT2D eigenvalue weighted by Gasteiger charge is -2.37. The lowest BCUT2D eigenvalue weighted by atomic mass is 9.83. The third kappa shape index (κ3) is 3.87. The fourth-order valence-corrected chi connectivity index (χ4v) is 3.34. The molecule has 0 bridgehead atoms. The van der Waals surface area contributed by atoms with Crippen molar-refractivity contribution in [3.8, 4) is 0 Å². The molecule has 1 aliphatic heterocycles. The molecule has 2 aliphatic rings. The zero-order valence-corrected chi connectivity index (χ0v) is 14.1. The first-order chi connectivity index (χ1) is 10.2. The van der Waals surface area contributed by atoms with E-state index in [1.165, 1.54) is 0 Å². The summed E-state index contributed by atoms with van der Waals surface area (Å²) in [6.07, 6.45) is 3.68. The van der Waals surface area contributed by atoms with Crippen molar-refractivity contribution in [2.24, 2.45) is 11.8 Å². The van der Waals surface area contributed by atoms with Gasteiger partial charge in [0, 0.05) is 24.9 Å². The van der Waals surface area contributed by atoms with Crippen molar-refractivity contribution < 1.29 is 19.1 Å². The van der Waals surface area contributed by atoms with Gasteiger partial charge in [0.2, 0.25) is 0 Å². The number of ether oxygens (including phenoxy) is 1. The number of carbonyl (C=O) groups excluding carboxylic acids is 3. The summed E-state index contributed by atoms with van der Waals surface area (Å²) in [6.45, 7) is 7.44. The molecule has 1 saturated carbocycles. The van der Waals surface area contributed by atoms with Gasteiger partial charge in [-0.3, -0.25) is 9.59 Å². The quantitative estimate of drug-likeness (QED) is 0.736. The van der Waals surface area contributed by atoms with Crippen molar-refractivity contribution in [3.05, 3.63) is 0 Å². The molecule has 5 heteroatoms. The minimum Gasteiger partial charge on any atom is -0.444 e. The van der Waals surface area contributed by atoms with Gasteiger partial charge in [0.1, 0.15) is 17.2 Å². The molecule has 124 valence electrons. The van der Waals surface area contributed by atoms with E-state index < -0.39 is 17.6 Å². The Bertz CT molecular complexity index is 460. The minimum atomic E-state index is -0.660. The number of nitrogens with zero attached hydrogens (tertiary/aromatic N) is 1. The summed E-state index contributed by atoms with van der Waals surface area (Å²) < 4.78 is 5.40. The molecule has 1 heterocycles. The van der Waals surface area contributed by atoms with Crippen LogP contribution in [0.5, 0.6) is 0 Å². The monoisotopic (exact) mass is 309 g/mol. The Labute approximate surface area is 132 Å². The molecule has 1 unspecified atom stereocenters. The summed E-state index contributed by atoms with van der Waals surface area (Å²) in [4.78, 5) is 38.7. The second-order valence-corrected chi connectivity index (χ2v) is 7.59. The van der Waals surface area contributed by atoms with E-state index in [4.69, 9.17) is 4.74 Å². The van der Waals surface area contributed by atoms with Crippen LogP contribution in [0.4, 0.5) is 4.79 Å². The van der Waals surface area contributed by atoms with Crippen LogP contribution in [0.2, 0.25) is 0 Å². The number of amides is 1.